The molecular formula is C12H14IN. The molecule has 0 aliphatic heterocycles. The summed E-state index contributed by atoms with van der Waals surface area (Å²) in [4.78, 5) is 4.32. The molecule has 1 aromatic heterocycles. The Morgan fingerprint density at radius 1 is 1.14 bits per heavy atom. The number of fused-ring (bicyclic) bond motifs is 1. The van der Waals surface area contributed by atoms with Gasteiger partial charge in [0.2, 0.25) is 0 Å². The first-order valence-corrected chi connectivity index (χ1v) is 4.74. The molecule has 0 N–H and O–H groups in total. The number of pyridine rings is 1. The monoisotopic (exact) mass is 299 g/mol. The van der Waals surface area contributed by atoms with Crippen LogP contribution in [0.15, 0.2) is 36.5 Å². The van der Waals surface area contributed by atoms with Crippen LogP contribution in [0.3, 0.4) is 0 Å². The van der Waals surface area contributed by atoms with Gasteiger partial charge in [-0.2, -0.15) is 0 Å². The quantitative estimate of drug-likeness (QED) is 0.769. The van der Waals surface area contributed by atoms with E-state index in [9.17, 15) is 0 Å². The van der Waals surface area contributed by atoms with Crippen molar-refractivity contribution in [2.24, 2.45) is 0 Å². The number of nitrogens with zero attached hydrogens (tertiary/aromatic N) is 1. The van der Waals surface area contributed by atoms with E-state index in [1.807, 2.05) is 12.3 Å². The second-order valence-electron chi connectivity index (χ2n) is 3.24. The number of benzene rings is 1. The summed E-state index contributed by atoms with van der Waals surface area (Å²) in [5.41, 5.74) is 2.52. The van der Waals surface area contributed by atoms with Gasteiger partial charge >= 0.3 is 0 Å². The molecule has 1 nitrogen and oxygen atoms in total. The van der Waals surface area contributed by atoms with Gasteiger partial charge in [-0.25, -0.2) is 0 Å². The van der Waals surface area contributed by atoms with E-state index in [1.165, 1.54) is 17.4 Å². The summed E-state index contributed by atoms with van der Waals surface area (Å²) in [7, 11) is 0. The second kappa shape index (κ2) is 5.29. The van der Waals surface area contributed by atoms with Crippen molar-refractivity contribution < 1.29 is 0 Å². The zero-order chi connectivity index (χ0) is 9.10. The summed E-state index contributed by atoms with van der Waals surface area (Å²) in [5, 5.41) is 1.30. The molecule has 2 aromatic rings. The van der Waals surface area contributed by atoms with Crippen LogP contribution in [0.25, 0.3) is 10.9 Å². The van der Waals surface area contributed by atoms with Crippen LogP contribution in [0.5, 0.6) is 0 Å². The molecule has 0 unspecified atom stereocenters. The van der Waals surface area contributed by atoms with Gasteiger partial charge in [0.15, 0.2) is 0 Å². The van der Waals surface area contributed by atoms with Gasteiger partial charge in [-0.05, 0) is 24.1 Å². The molecule has 0 atom stereocenters. The molecule has 0 fully saturated rings. The molecule has 74 valence electrons. The number of aromatic nitrogens is 1. The van der Waals surface area contributed by atoms with Crippen molar-refractivity contribution in [1.29, 1.82) is 0 Å². The summed E-state index contributed by atoms with van der Waals surface area (Å²) in [6, 6.07) is 10.4. The highest BCUT2D eigenvalue weighted by atomic mass is 127. The van der Waals surface area contributed by atoms with Gasteiger partial charge in [-0.3, -0.25) is 4.98 Å². The van der Waals surface area contributed by atoms with Crippen LogP contribution in [0, 0.1) is 0 Å². The predicted octanol–water partition coefficient (Wildman–Crippen LogP) is 3.81. The first kappa shape index (κ1) is 11.4. The molecular weight excluding hydrogens is 285 g/mol. The number of rotatable bonds is 2. The fraction of sp³-hybridized carbons (Fsp3) is 0.250. The summed E-state index contributed by atoms with van der Waals surface area (Å²) >= 11 is 0. The zero-order valence-electron chi connectivity index (χ0n) is 8.23. The number of halogens is 1. The average molecular weight is 299 g/mol. The van der Waals surface area contributed by atoms with E-state index in [4.69, 9.17) is 0 Å². The van der Waals surface area contributed by atoms with E-state index in [2.05, 4.69) is 36.2 Å². The van der Waals surface area contributed by atoms with Crippen LogP contribution in [-0.2, 0) is 6.42 Å². The molecule has 0 spiro atoms. The highest BCUT2D eigenvalue weighted by Gasteiger charge is 1.98. The average Bonchev–Trinajstić information content (AvgIpc) is 2.19. The molecule has 0 aliphatic carbocycles. The Bertz CT molecular complexity index is 406. The summed E-state index contributed by atoms with van der Waals surface area (Å²) in [6.45, 7) is 2.20. The third-order valence-corrected chi connectivity index (χ3v) is 2.26. The Balaban J connectivity index is 0.000000980. The Morgan fingerprint density at radius 3 is 2.71 bits per heavy atom. The molecule has 0 saturated carbocycles. The van der Waals surface area contributed by atoms with Crippen LogP contribution in [-0.4, -0.2) is 4.98 Å². The molecule has 2 rings (SSSR count). The lowest BCUT2D eigenvalue weighted by Gasteiger charge is -2.03. The van der Waals surface area contributed by atoms with Gasteiger partial charge in [0.05, 0.1) is 5.52 Å². The maximum absolute atomic E-state index is 4.32. The molecule has 0 aliphatic rings. The maximum Gasteiger partial charge on any atom is 0.0704 e. The standard InChI is InChI=1S/C12H13N.HI/c1-2-5-10-8-9-13-12-7-4-3-6-11(10)12;/h3-4,6-9H,2,5H2,1H3;1H. The van der Waals surface area contributed by atoms with Gasteiger partial charge in [0.25, 0.3) is 0 Å². The van der Waals surface area contributed by atoms with Crippen LogP contribution in [0.4, 0.5) is 0 Å². The van der Waals surface area contributed by atoms with Crippen LogP contribution in [0.1, 0.15) is 18.9 Å². The molecule has 2 heteroatoms. The lowest BCUT2D eigenvalue weighted by Crippen LogP contribution is -1.87. The Kier molecular flexibility index (Phi) is 4.32. The molecule has 0 bridgehead atoms. The van der Waals surface area contributed by atoms with E-state index >= 15 is 0 Å². The van der Waals surface area contributed by atoms with Gasteiger partial charge in [0.1, 0.15) is 0 Å². The minimum Gasteiger partial charge on any atom is -0.256 e. The molecule has 0 radical (unpaired) electrons. The fourth-order valence-corrected chi connectivity index (χ4v) is 1.64. The SMILES string of the molecule is CCCc1ccnc2ccccc12.I. The highest BCUT2D eigenvalue weighted by molar-refractivity contribution is 14.0. The van der Waals surface area contributed by atoms with Crippen molar-refractivity contribution in [2.45, 2.75) is 19.8 Å². The van der Waals surface area contributed by atoms with Crippen molar-refractivity contribution in [2.75, 3.05) is 0 Å². The smallest absolute Gasteiger partial charge is 0.0704 e. The lowest BCUT2D eigenvalue weighted by atomic mass is 10.1. The van der Waals surface area contributed by atoms with E-state index in [-0.39, 0.29) is 24.0 Å². The van der Waals surface area contributed by atoms with E-state index < -0.39 is 0 Å². The molecule has 0 saturated heterocycles. The number of hydrogen-bond acceptors (Lipinski definition) is 1. The van der Waals surface area contributed by atoms with E-state index in [1.54, 1.807) is 0 Å². The first-order valence-electron chi connectivity index (χ1n) is 4.74. The third-order valence-electron chi connectivity index (χ3n) is 2.26. The van der Waals surface area contributed by atoms with Crippen molar-refractivity contribution >= 4 is 34.9 Å². The topological polar surface area (TPSA) is 12.9 Å². The van der Waals surface area contributed by atoms with Crippen molar-refractivity contribution in [3.63, 3.8) is 0 Å². The van der Waals surface area contributed by atoms with Gasteiger partial charge < -0.3 is 0 Å². The minimum absolute atomic E-state index is 0. The Labute approximate surface area is 102 Å². The molecule has 0 amide bonds. The minimum atomic E-state index is 0. The molecule has 14 heavy (non-hydrogen) atoms. The van der Waals surface area contributed by atoms with Crippen molar-refractivity contribution in [3.05, 3.63) is 42.1 Å². The Hall–Kier alpha value is -0.640. The largest absolute Gasteiger partial charge is 0.256 e. The normalized spacial score (nSPS) is 9.79. The predicted molar refractivity (Wildman–Crippen MR) is 71.2 cm³/mol. The third kappa shape index (κ3) is 2.23. The van der Waals surface area contributed by atoms with Gasteiger partial charge in [0, 0.05) is 11.6 Å². The van der Waals surface area contributed by atoms with Crippen molar-refractivity contribution in [3.8, 4) is 0 Å². The van der Waals surface area contributed by atoms with E-state index in [0.29, 0.717) is 0 Å². The Morgan fingerprint density at radius 2 is 1.93 bits per heavy atom. The van der Waals surface area contributed by atoms with Gasteiger partial charge in [-0.15, -0.1) is 24.0 Å². The van der Waals surface area contributed by atoms with Crippen LogP contribution >= 0.6 is 24.0 Å². The van der Waals surface area contributed by atoms with Gasteiger partial charge in [-0.1, -0.05) is 31.5 Å². The molecule has 1 aromatic carbocycles. The number of para-hydroxylation sites is 1. The van der Waals surface area contributed by atoms with E-state index in [0.717, 1.165) is 11.9 Å². The summed E-state index contributed by atoms with van der Waals surface area (Å²) in [5.74, 6) is 0. The van der Waals surface area contributed by atoms with Crippen LogP contribution in [0.2, 0.25) is 0 Å². The number of aryl methyl sites for hydroxylation is 1. The fourth-order valence-electron chi connectivity index (χ4n) is 1.64. The number of hydrogen-bond donors (Lipinski definition) is 0. The zero-order valence-corrected chi connectivity index (χ0v) is 10.6. The maximum atomic E-state index is 4.32. The molecule has 1 heterocycles. The highest BCUT2D eigenvalue weighted by Crippen LogP contribution is 2.17. The van der Waals surface area contributed by atoms with Crippen molar-refractivity contribution in [1.82, 2.24) is 4.98 Å². The summed E-state index contributed by atoms with van der Waals surface area (Å²) < 4.78 is 0. The lowest BCUT2D eigenvalue weighted by molar-refractivity contribution is 0.928. The first-order chi connectivity index (χ1) is 6.42. The second-order valence-corrected chi connectivity index (χ2v) is 3.24. The summed E-state index contributed by atoms with van der Waals surface area (Å²) in [6.07, 6.45) is 4.23. The van der Waals surface area contributed by atoms with Crippen LogP contribution < -0.4 is 0 Å².